The van der Waals surface area contributed by atoms with Crippen LogP contribution >= 0.6 is 0 Å². The standard InChI is InChI=1S/C29H33N3O3/c1-34-27-11-12-28-24(18-27)17-25(21-35-28)29(33)30-19-22-7-5-6-8-23(22)20-31-13-15-32(16-14-31)26-9-3-2-4-10-26/h2-12,18,25H,13-17,19-21H2,1H3,(H,30,33). The molecule has 1 unspecified atom stereocenters. The van der Waals surface area contributed by atoms with Gasteiger partial charge in [0.15, 0.2) is 0 Å². The van der Waals surface area contributed by atoms with E-state index in [-0.39, 0.29) is 11.8 Å². The van der Waals surface area contributed by atoms with E-state index in [0.717, 1.165) is 49.8 Å². The van der Waals surface area contributed by atoms with Crippen molar-refractivity contribution in [1.82, 2.24) is 10.2 Å². The van der Waals surface area contributed by atoms with Crippen molar-refractivity contribution >= 4 is 11.6 Å². The van der Waals surface area contributed by atoms with Gasteiger partial charge in [0.25, 0.3) is 0 Å². The third-order valence-electron chi connectivity index (χ3n) is 7.00. The summed E-state index contributed by atoms with van der Waals surface area (Å²) in [7, 11) is 1.65. The first-order valence-corrected chi connectivity index (χ1v) is 12.4. The number of rotatable bonds is 7. The van der Waals surface area contributed by atoms with Crippen LogP contribution in [0, 0.1) is 5.92 Å². The molecule has 182 valence electrons. The minimum absolute atomic E-state index is 0.0322. The third-order valence-corrected chi connectivity index (χ3v) is 7.00. The lowest BCUT2D eigenvalue weighted by Gasteiger charge is -2.36. The Bertz CT molecular complexity index is 1140. The third kappa shape index (κ3) is 5.60. The lowest BCUT2D eigenvalue weighted by molar-refractivity contribution is -0.126. The molecular weight excluding hydrogens is 438 g/mol. The number of nitrogens with zero attached hydrogens (tertiary/aromatic N) is 2. The predicted octanol–water partition coefficient (Wildman–Crippen LogP) is 3.88. The van der Waals surface area contributed by atoms with Crippen molar-refractivity contribution in [2.24, 2.45) is 5.92 Å². The summed E-state index contributed by atoms with van der Waals surface area (Å²) in [5.41, 5.74) is 4.76. The number of para-hydroxylation sites is 1. The zero-order valence-corrected chi connectivity index (χ0v) is 20.3. The molecule has 5 rings (SSSR count). The zero-order valence-electron chi connectivity index (χ0n) is 20.3. The molecule has 2 aliphatic rings. The average Bonchev–Trinajstić information content (AvgIpc) is 2.92. The molecule has 0 aromatic heterocycles. The van der Waals surface area contributed by atoms with Crippen LogP contribution < -0.4 is 19.7 Å². The fourth-order valence-corrected chi connectivity index (χ4v) is 4.92. The number of anilines is 1. The van der Waals surface area contributed by atoms with Crippen molar-refractivity contribution in [3.63, 3.8) is 0 Å². The highest BCUT2D eigenvalue weighted by Gasteiger charge is 2.26. The molecule has 0 aliphatic carbocycles. The Hall–Kier alpha value is -3.51. The van der Waals surface area contributed by atoms with Crippen LogP contribution in [-0.2, 0) is 24.3 Å². The summed E-state index contributed by atoms with van der Waals surface area (Å²) in [4.78, 5) is 17.9. The van der Waals surface area contributed by atoms with Crippen LogP contribution in [0.15, 0.2) is 72.8 Å². The number of amides is 1. The quantitative estimate of drug-likeness (QED) is 0.567. The number of carbonyl (C=O) groups excluding carboxylic acids is 1. The summed E-state index contributed by atoms with van der Waals surface area (Å²) in [5.74, 6) is 1.46. The van der Waals surface area contributed by atoms with Gasteiger partial charge in [0.05, 0.1) is 13.0 Å². The highest BCUT2D eigenvalue weighted by Crippen LogP contribution is 2.30. The number of ether oxygens (including phenoxy) is 2. The van der Waals surface area contributed by atoms with Crippen molar-refractivity contribution in [2.45, 2.75) is 19.5 Å². The van der Waals surface area contributed by atoms with E-state index in [1.807, 2.05) is 24.3 Å². The van der Waals surface area contributed by atoms with Crippen LogP contribution in [0.4, 0.5) is 5.69 Å². The van der Waals surface area contributed by atoms with Gasteiger partial charge < -0.3 is 19.7 Å². The molecule has 0 spiro atoms. The number of hydrogen-bond acceptors (Lipinski definition) is 5. The molecule has 2 aliphatic heterocycles. The second kappa shape index (κ2) is 10.8. The van der Waals surface area contributed by atoms with Gasteiger partial charge in [-0.05, 0) is 53.4 Å². The van der Waals surface area contributed by atoms with E-state index in [1.165, 1.54) is 16.8 Å². The first kappa shape index (κ1) is 23.2. The molecule has 3 aromatic rings. The Labute approximate surface area is 207 Å². The molecule has 2 heterocycles. The Morgan fingerprint density at radius 3 is 2.49 bits per heavy atom. The highest BCUT2D eigenvalue weighted by molar-refractivity contribution is 5.79. The topological polar surface area (TPSA) is 54.0 Å². The van der Waals surface area contributed by atoms with Gasteiger partial charge in [0.2, 0.25) is 5.91 Å². The molecule has 1 saturated heterocycles. The van der Waals surface area contributed by atoms with Crippen LogP contribution in [0.25, 0.3) is 0 Å². The molecule has 6 heteroatoms. The fraction of sp³-hybridized carbons (Fsp3) is 0.345. The van der Waals surface area contributed by atoms with Gasteiger partial charge in [-0.25, -0.2) is 0 Å². The van der Waals surface area contributed by atoms with Crippen molar-refractivity contribution in [3.8, 4) is 11.5 Å². The number of nitrogens with one attached hydrogen (secondary N) is 1. The summed E-state index contributed by atoms with van der Waals surface area (Å²) in [5, 5.41) is 3.16. The molecule has 1 atom stereocenters. The molecule has 1 amide bonds. The molecule has 0 bridgehead atoms. The molecule has 35 heavy (non-hydrogen) atoms. The van der Waals surface area contributed by atoms with Crippen LogP contribution in [0.3, 0.4) is 0 Å². The number of benzene rings is 3. The Balaban J connectivity index is 1.15. The number of piperazine rings is 1. The summed E-state index contributed by atoms with van der Waals surface area (Å²) < 4.78 is 11.2. The zero-order chi connectivity index (χ0) is 24.0. The smallest absolute Gasteiger partial charge is 0.227 e. The maximum atomic E-state index is 13.0. The summed E-state index contributed by atoms with van der Waals surface area (Å²) in [6.45, 7) is 5.93. The van der Waals surface area contributed by atoms with Crippen molar-refractivity contribution in [3.05, 3.63) is 89.5 Å². The maximum absolute atomic E-state index is 13.0. The van der Waals surface area contributed by atoms with Crippen LogP contribution in [-0.4, -0.2) is 50.7 Å². The SMILES string of the molecule is COc1ccc2c(c1)CC(C(=O)NCc1ccccc1CN1CCN(c3ccccc3)CC1)CO2. The molecule has 6 nitrogen and oxygen atoms in total. The minimum atomic E-state index is -0.201. The first-order chi connectivity index (χ1) is 17.2. The number of hydrogen-bond donors (Lipinski definition) is 1. The van der Waals surface area contributed by atoms with Gasteiger partial charge >= 0.3 is 0 Å². The fourth-order valence-electron chi connectivity index (χ4n) is 4.92. The average molecular weight is 472 g/mol. The molecule has 0 saturated carbocycles. The van der Waals surface area contributed by atoms with Gasteiger partial charge in [-0.3, -0.25) is 9.69 Å². The lowest BCUT2D eigenvalue weighted by atomic mass is 9.95. The molecule has 0 radical (unpaired) electrons. The van der Waals surface area contributed by atoms with E-state index in [9.17, 15) is 4.79 Å². The normalized spacial score (nSPS) is 17.9. The van der Waals surface area contributed by atoms with Crippen LogP contribution in [0.1, 0.15) is 16.7 Å². The van der Waals surface area contributed by atoms with Crippen LogP contribution in [0.2, 0.25) is 0 Å². The lowest BCUT2D eigenvalue weighted by Crippen LogP contribution is -2.46. The predicted molar refractivity (Wildman–Crippen MR) is 138 cm³/mol. The van der Waals surface area contributed by atoms with E-state index in [2.05, 4.69) is 63.6 Å². The Morgan fingerprint density at radius 1 is 0.971 bits per heavy atom. The largest absolute Gasteiger partial charge is 0.497 e. The molecular formula is C29H33N3O3. The van der Waals surface area contributed by atoms with Crippen molar-refractivity contribution in [2.75, 3.05) is 44.8 Å². The summed E-state index contributed by atoms with van der Waals surface area (Å²) in [6, 6.07) is 24.8. The maximum Gasteiger partial charge on any atom is 0.227 e. The van der Waals surface area contributed by atoms with E-state index >= 15 is 0 Å². The van der Waals surface area contributed by atoms with Gasteiger partial charge in [0.1, 0.15) is 18.1 Å². The number of fused-ring (bicyclic) bond motifs is 1. The van der Waals surface area contributed by atoms with Gasteiger partial charge in [-0.1, -0.05) is 42.5 Å². The molecule has 1 fully saturated rings. The Morgan fingerprint density at radius 2 is 1.71 bits per heavy atom. The summed E-state index contributed by atoms with van der Waals surface area (Å²) >= 11 is 0. The Kier molecular flexibility index (Phi) is 7.19. The van der Waals surface area contributed by atoms with Crippen molar-refractivity contribution in [1.29, 1.82) is 0 Å². The number of methoxy groups -OCH3 is 1. The van der Waals surface area contributed by atoms with Gasteiger partial charge in [-0.15, -0.1) is 0 Å². The summed E-state index contributed by atoms with van der Waals surface area (Å²) in [6.07, 6.45) is 0.658. The van der Waals surface area contributed by atoms with Crippen LogP contribution in [0.5, 0.6) is 11.5 Å². The minimum Gasteiger partial charge on any atom is -0.497 e. The monoisotopic (exact) mass is 471 g/mol. The van der Waals surface area contributed by atoms with E-state index in [0.29, 0.717) is 19.6 Å². The van der Waals surface area contributed by atoms with E-state index in [1.54, 1.807) is 7.11 Å². The van der Waals surface area contributed by atoms with Gasteiger partial charge in [-0.2, -0.15) is 0 Å². The molecule has 3 aromatic carbocycles. The number of carbonyl (C=O) groups is 1. The highest BCUT2D eigenvalue weighted by atomic mass is 16.5. The molecule has 1 N–H and O–H groups in total. The van der Waals surface area contributed by atoms with Gasteiger partial charge in [0, 0.05) is 45.0 Å². The second-order valence-corrected chi connectivity index (χ2v) is 9.27. The van der Waals surface area contributed by atoms with E-state index in [4.69, 9.17) is 9.47 Å². The first-order valence-electron chi connectivity index (χ1n) is 12.4. The van der Waals surface area contributed by atoms with E-state index < -0.39 is 0 Å². The van der Waals surface area contributed by atoms with Crippen molar-refractivity contribution < 1.29 is 14.3 Å². The second-order valence-electron chi connectivity index (χ2n) is 9.27.